The maximum atomic E-state index is 10.7. The lowest BCUT2D eigenvalue weighted by molar-refractivity contribution is -0.139. The molecule has 0 aliphatic carbocycles. The molecule has 9 heteroatoms. The lowest BCUT2D eigenvalue weighted by Gasteiger charge is -2.28. The minimum Gasteiger partial charge on any atom is -0.482 e. The minimum absolute atomic E-state index is 0.363. The third kappa shape index (κ3) is 5.45. The fraction of sp³-hybridized carbons (Fsp3) is 0.296. The first-order chi connectivity index (χ1) is 17.5. The molecule has 1 aliphatic heterocycles. The Labute approximate surface area is 214 Å². The molecule has 186 valence electrons. The first-order valence-electron chi connectivity index (χ1n) is 12.0. The normalized spacial score (nSPS) is 14.7. The van der Waals surface area contributed by atoms with E-state index in [1.807, 2.05) is 30.3 Å². The largest absolute Gasteiger partial charge is 0.482 e. The number of anilines is 1. The lowest BCUT2D eigenvalue weighted by atomic mass is 9.93. The number of likely N-dealkylation sites (tertiary alicyclic amines) is 1. The molecule has 0 spiro atoms. The standard InChI is InChI=1S/C27H28ClN5O3/c1-33-12-9-18(10-13-33)23-14-21-20(8-11-29-27(21)31-23)26-22(28)6-7-24(32-26)30-15-17-2-4-19(5-3-17)36-16-25(34)35/h2-8,11,14,18H,9-10,12-13,15-16H2,1H3,(H,29,31)(H,30,32)(H,34,35). The van der Waals surface area contributed by atoms with Gasteiger partial charge in [-0.1, -0.05) is 23.7 Å². The number of benzene rings is 1. The van der Waals surface area contributed by atoms with Gasteiger partial charge in [-0.15, -0.1) is 0 Å². The van der Waals surface area contributed by atoms with Crippen LogP contribution in [0, 0.1) is 0 Å². The fourth-order valence-corrected chi connectivity index (χ4v) is 4.77. The van der Waals surface area contributed by atoms with E-state index in [9.17, 15) is 4.79 Å². The monoisotopic (exact) mass is 505 g/mol. The Bertz CT molecular complexity index is 1360. The Morgan fingerprint density at radius 2 is 1.97 bits per heavy atom. The zero-order valence-corrected chi connectivity index (χ0v) is 20.8. The molecule has 5 rings (SSSR count). The molecule has 36 heavy (non-hydrogen) atoms. The van der Waals surface area contributed by atoms with E-state index in [1.165, 1.54) is 5.69 Å². The van der Waals surface area contributed by atoms with E-state index in [2.05, 4.69) is 33.3 Å². The van der Waals surface area contributed by atoms with E-state index in [4.69, 9.17) is 26.4 Å². The number of hydrogen-bond acceptors (Lipinski definition) is 6. The van der Waals surface area contributed by atoms with Crippen molar-refractivity contribution in [3.05, 3.63) is 71.0 Å². The van der Waals surface area contributed by atoms with Crippen LogP contribution in [0.3, 0.4) is 0 Å². The number of halogens is 1. The molecule has 0 saturated carbocycles. The highest BCUT2D eigenvalue weighted by atomic mass is 35.5. The highest BCUT2D eigenvalue weighted by molar-refractivity contribution is 6.33. The predicted molar refractivity (Wildman–Crippen MR) is 141 cm³/mol. The molecule has 4 heterocycles. The van der Waals surface area contributed by atoms with Crippen molar-refractivity contribution in [1.29, 1.82) is 0 Å². The van der Waals surface area contributed by atoms with Gasteiger partial charge in [-0.25, -0.2) is 14.8 Å². The van der Waals surface area contributed by atoms with Gasteiger partial charge in [0, 0.05) is 35.3 Å². The highest BCUT2D eigenvalue weighted by Crippen LogP contribution is 2.35. The zero-order chi connectivity index (χ0) is 25.1. The number of carboxylic acid groups (broad SMARTS) is 1. The molecule has 1 aromatic carbocycles. The van der Waals surface area contributed by atoms with Gasteiger partial charge in [0.1, 0.15) is 17.2 Å². The van der Waals surface area contributed by atoms with E-state index >= 15 is 0 Å². The Balaban J connectivity index is 1.34. The van der Waals surface area contributed by atoms with Crippen LogP contribution in [0.15, 0.2) is 54.7 Å². The van der Waals surface area contributed by atoms with E-state index in [0.717, 1.165) is 48.1 Å². The zero-order valence-electron chi connectivity index (χ0n) is 20.0. The number of nitrogens with zero attached hydrogens (tertiary/aromatic N) is 3. The van der Waals surface area contributed by atoms with Crippen molar-refractivity contribution in [3.63, 3.8) is 0 Å². The Morgan fingerprint density at radius 3 is 2.72 bits per heavy atom. The van der Waals surface area contributed by atoms with Crippen LogP contribution in [0.25, 0.3) is 22.3 Å². The number of rotatable bonds is 8. The topological polar surface area (TPSA) is 103 Å². The quantitative estimate of drug-likeness (QED) is 0.304. The smallest absolute Gasteiger partial charge is 0.341 e. The number of hydrogen-bond donors (Lipinski definition) is 3. The van der Waals surface area contributed by atoms with E-state index < -0.39 is 5.97 Å². The number of pyridine rings is 2. The van der Waals surface area contributed by atoms with Crippen LogP contribution in [0.4, 0.5) is 5.82 Å². The summed E-state index contributed by atoms with van der Waals surface area (Å²) in [6, 6.07) is 15.2. The van der Waals surface area contributed by atoms with Crippen molar-refractivity contribution >= 4 is 34.4 Å². The summed E-state index contributed by atoms with van der Waals surface area (Å²) in [6.07, 6.45) is 4.05. The van der Waals surface area contributed by atoms with E-state index in [0.29, 0.717) is 34.7 Å². The molecular formula is C27H28ClN5O3. The maximum Gasteiger partial charge on any atom is 0.341 e. The Hall–Kier alpha value is -3.62. The number of carboxylic acids is 1. The van der Waals surface area contributed by atoms with Crippen molar-refractivity contribution in [2.24, 2.45) is 0 Å². The first kappa shape index (κ1) is 24.1. The Kier molecular flexibility index (Phi) is 7.06. The second kappa shape index (κ2) is 10.6. The average molecular weight is 506 g/mol. The second-order valence-corrected chi connectivity index (χ2v) is 9.54. The number of aromatic nitrogens is 3. The van der Waals surface area contributed by atoms with Gasteiger partial charge < -0.3 is 25.0 Å². The molecule has 0 amide bonds. The number of fused-ring (bicyclic) bond motifs is 1. The van der Waals surface area contributed by atoms with E-state index in [-0.39, 0.29) is 6.61 Å². The van der Waals surface area contributed by atoms with E-state index in [1.54, 1.807) is 18.3 Å². The molecule has 3 aromatic heterocycles. The van der Waals surface area contributed by atoms with Gasteiger partial charge >= 0.3 is 5.97 Å². The van der Waals surface area contributed by atoms with Crippen LogP contribution in [0.1, 0.15) is 30.0 Å². The van der Waals surface area contributed by atoms with Crippen LogP contribution < -0.4 is 10.1 Å². The number of carbonyl (C=O) groups is 1. The van der Waals surface area contributed by atoms with Crippen LogP contribution in [-0.2, 0) is 11.3 Å². The van der Waals surface area contributed by atoms with Gasteiger partial charge in [-0.05, 0) is 74.9 Å². The molecule has 8 nitrogen and oxygen atoms in total. The minimum atomic E-state index is -1.01. The summed E-state index contributed by atoms with van der Waals surface area (Å²) in [5.41, 5.74) is 4.74. The SMILES string of the molecule is CN1CCC(c2cc3c(-c4nc(NCc5ccc(OCC(=O)O)cc5)ccc4Cl)ccnc3[nH]2)CC1. The third-order valence-electron chi connectivity index (χ3n) is 6.57. The van der Waals surface area contributed by atoms with Gasteiger partial charge in [0.2, 0.25) is 0 Å². The number of ether oxygens (including phenoxy) is 1. The van der Waals surface area contributed by atoms with Gasteiger partial charge in [-0.2, -0.15) is 0 Å². The number of piperidine rings is 1. The Morgan fingerprint density at radius 1 is 1.19 bits per heavy atom. The molecule has 0 unspecified atom stereocenters. The molecular weight excluding hydrogens is 478 g/mol. The first-order valence-corrected chi connectivity index (χ1v) is 12.3. The van der Waals surface area contributed by atoms with Crippen molar-refractivity contribution < 1.29 is 14.6 Å². The number of nitrogens with one attached hydrogen (secondary N) is 2. The summed E-state index contributed by atoms with van der Waals surface area (Å²) in [6.45, 7) is 2.38. The number of aromatic amines is 1. The lowest BCUT2D eigenvalue weighted by Crippen LogP contribution is -2.29. The molecule has 0 atom stereocenters. The van der Waals surface area contributed by atoms with Gasteiger partial charge in [0.15, 0.2) is 6.61 Å². The fourth-order valence-electron chi connectivity index (χ4n) is 4.56. The molecule has 1 saturated heterocycles. The summed E-state index contributed by atoms with van der Waals surface area (Å²) >= 11 is 6.61. The van der Waals surface area contributed by atoms with Crippen LogP contribution in [0.2, 0.25) is 5.02 Å². The molecule has 0 bridgehead atoms. The van der Waals surface area contributed by atoms with Crippen molar-refractivity contribution in [2.75, 3.05) is 32.1 Å². The molecule has 0 radical (unpaired) electrons. The van der Waals surface area contributed by atoms with Crippen LogP contribution in [0.5, 0.6) is 5.75 Å². The van der Waals surface area contributed by atoms with Crippen molar-refractivity contribution in [2.45, 2.75) is 25.3 Å². The predicted octanol–water partition coefficient (Wildman–Crippen LogP) is 5.16. The second-order valence-electron chi connectivity index (χ2n) is 9.13. The number of aliphatic carboxylic acids is 1. The van der Waals surface area contributed by atoms with Gasteiger partial charge in [0.05, 0.1) is 10.7 Å². The molecule has 1 aliphatic rings. The highest BCUT2D eigenvalue weighted by Gasteiger charge is 2.21. The molecule has 3 N–H and O–H groups in total. The van der Waals surface area contributed by atoms with Crippen molar-refractivity contribution in [3.8, 4) is 17.0 Å². The van der Waals surface area contributed by atoms with Gasteiger partial charge in [0.25, 0.3) is 0 Å². The average Bonchev–Trinajstić information content (AvgIpc) is 3.33. The van der Waals surface area contributed by atoms with Gasteiger partial charge in [-0.3, -0.25) is 0 Å². The molecule has 4 aromatic rings. The summed E-state index contributed by atoms with van der Waals surface area (Å²) in [7, 11) is 2.17. The van der Waals surface area contributed by atoms with Crippen LogP contribution in [-0.4, -0.2) is 57.7 Å². The van der Waals surface area contributed by atoms with Crippen molar-refractivity contribution in [1.82, 2.24) is 19.9 Å². The number of H-pyrrole nitrogens is 1. The summed E-state index contributed by atoms with van der Waals surface area (Å²) in [5.74, 6) is 0.715. The summed E-state index contributed by atoms with van der Waals surface area (Å²) < 4.78 is 5.19. The summed E-state index contributed by atoms with van der Waals surface area (Å²) in [5, 5.41) is 13.7. The summed E-state index contributed by atoms with van der Waals surface area (Å²) in [4.78, 5) is 25.9. The third-order valence-corrected chi connectivity index (χ3v) is 6.88. The molecule has 1 fully saturated rings. The maximum absolute atomic E-state index is 10.7. The van der Waals surface area contributed by atoms with Crippen LogP contribution >= 0.6 is 11.6 Å².